The van der Waals surface area contributed by atoms with Crippen molar-refractivity contribution >= 4 is 5.91 Å². The molecule has 1 unspecified atom stereocenters. The minimum Gasteiger partial charge on any atom is -0.396 e. The van der Waals surface area contributed by atoms with Crippen LogP contribution in [0.4, 0.5) is 0 Å². The van der Waals surface area contributed by atoms with Crippen LogP contribution in [0.5, 0.6) is 0 Å². The fraction of sp³-hybridized carbons (Fsp3) is 0.667. The van der Waals surface area contributed by atoms with Gasteiger partial charge in [0, 0.05) is 19.7 Å². The maximum Gasteiger partial charge on any atom is 0.233 e. The van der Waals surface area contributed by atoms with Crippen molar-refractivity contribution in [1.29, 1.82) is 0 Å². The molecule has 1 atom stereocenters. The summed E-state index contributed by atoms with van der Waals surface area (Å²) in [7, 11) is 0. The molecular weight excluding hydrogens is 168 g/mol. The van der Waals surface area contributed by atoms with Crippen LogP contribution >= 0.6 is 0 Å². The SMILES string of the molecule is C=CCNCC(=O)NCC(C)CO. The number of nitrogens with one attached hydrogen (secondary N) is 2. The van der Waals surface area contributed by atoms with E-state index in [1.165, 1.54) is 0 Å². The van der Waals surface area contributed by atoms with Crippen molar-refractivity contribution in [3.05, 3.63) is 12.7 Å². The molecule has 0 aromatic carbocycles. The first kappa shape index (κ1) is 12.1. The van der Waals surface area contributed by atoms with Gasteiger partial charge in [0.1, 0.15) is 0 Å². The molecule has 0 radical (unpaired) electrons. The third kappa shape index (κ3) is 7.49. The Morgan fingerprint density at radius 3 is 2.92 bits per heavy atom. The summed E-state index contributed by atoms with van der Waals surface area (Å²) in [5.74, 6) is 0.0607. The number of carbonyl (C=O) groups is 1. The zero-order valence-corrected chi connectivity index (χ0v) is 8.05. The summed E-state index contributed by atoms with van der Waals surface area (Å²) in [5.41, 5.74) is 0. The predicted molar refractivity (Wildman–Crippen MR) is 52.3 cm³/mol. The van der Waals surface area contributed by atoms with E-state index in [1.807, 2.05) is 6.92 Å². The molecule has 0 spiro atoms. The lowest BCUT2D eigenvalue weighted by molar-refractivity contribution is -0.120. The number of aliphatic hydroxyl groups excluding tert-OH is 1. The molecule has 76 valence electrons. The van der Waals surface area contributed by atoms with Crippen molar-refractivity contribution in [1.82, 2.24) is 10.6 Å². The van der Waals surface area contributed by atoms with E-state index in [0.717, 1.165) is 0 Å². The zero-order valence-electron chi connectivity index (χ0n) is 8.05. The van der Waals surface area contributed by atoms with E-state index in [0.29, 0.717) is 19.6 Å². The quantitative estimate of drug-likeness (QED) is 0.371. The second-order valence-corrected chi connectivity index (χ2v) is 3.01. The van der Waals surface area contributed by atoms with E-state index in [1.54, 1.807) is 6.08 Å². The Labute approximate surface area is 79.0 Å². The van der Waals surface area contributed by atoms with Gasteiger partial charge in [-0.2, -0.15) is 0 Å². The Bertz CT molecular complexity index is 160. The normalized spacial score (nSPS) is 12.2. The second-order valence-electron chi connectivity index (χ2n) is 3.01. The molecule has 0 aliphatic carbocycles. The Balaban J connectivity index is 3.34. The zero-order chi connectivity index (χ0) is 10.1. The van der Waals surface area contributed by atoms with Crippen molar-refractivity contribution in [2.45, 2.75) is 6.92 Å². The van der Waals surface area contributed by atoms with Gasteiger partial charge >= 0.3 is 0 Å². The van der Waals surface area contributed by atoms with Gasteiger partial charge in [0.15, 0.2) is 0 Å². The van der Waals surface area contributed by atoms with E-state index in [2.05, 4.69) is 17.2 Å². The minimum absolute atomic E-state index is 0.0536. The van der Waals surface area contributed by atoms with Crippen LogP contribution in [0.15, 0.2) is 12.7 Å². The average molecular weight is 186 g/mol. The van der Waals surface area contributed by atoms with Crippen LogP contribution in [0.25, 0.3) is 0 Å². The molecule has 4 nitrogen and oxygen atoms in total. The summed E-state index contributed by atoms with van der Waals surface area (Å²) in [4.78, 5) is 11.0. The molecule has 0 aliphatic heterocycles. The molecule has 0 saturated carbocycles. The standard InChI is InChI=1S/C9H18N2O2/c1-3-4-10-6-9(13)11-5-8(2)7-12/h3,8,10,12H,1,4-7H2,2H3,(H,11,13). The maximum absolute atomic E-state index is 11.0. The summed E-state index contributed by atoms with van der Waals surface area (Å²) in [6.45, 7) is 6.93. The molecule has 1 amide bonds. The van der Waals surface area contributed by atoms with E-state index >= 15 is 0 Å². The number of hydrogen-bond acceptors (Lipinski definition) is 3. The Morgan fingerprint density at radius 1 is 1.69 bits per heavy atom. The maximum atomic E-state index is 11.0. The van der Waals surface area contributed by atoms with Gasteiger partial charge in [-0.05, 0) is 5.92 Å². The van der Waals surface area contributed by atoms with Crippen LogP contribution in [-0.2, 0) is 4.79 Å². The van der Waals surface area contributed by atoms with Crippen LogP contribution in [0.2, 0.25) is 0 Å². The number of amides is 1. The Hall–Kier alpha value is -0.870. The van der Waals surface area contributed by atoms with Gasteiger partial charge in [0.25, 0.3) is 0 Å². The Morgan fingerprint density at radius 2 is 2.38 bits per heavy atom. The first-order valence-electron chi connectivity index (χ1n) is 4.39. The topological polar surface area (TPSA) is 61.4 Å². The fourth-order valence-electron chi connectivity index (χ4n) is 0.703. The van der Waals surface area contributed by atoms with E-state index in [4.69, 9.17) is 5.11 Å². The van der Waals surface area contributed by atoms with Gasteiger partial charge in [0.05, 0.1) is 6.54 Å². The molecule has 3 N–H and O–H groups in total. The first-order valence-corrected chi connectivity index (χ1v) is 4.39. The minimum atomic E-state index is -0.0536. The van der Waals surface area contributed by atoms with Gasteiger partial charge in [-0.1, -0.05) is 13.0 Å². The summed E-state index contributed by atoms with van der Waals surface area (Å²) in [6.07, 6.45) is 1.70. The van der Waals surface area contributed by atoms with Crippen LogP contribution < -0.4 is 10.6 Å². The molecule has 0 saturated heterocycles. The summed E-state index contributed by atoms with van der Waals surface area (Å²) in [6, 6.07) is 0. The van der Waals surface area contributed by atoms with E-state index < -0.39 is 0 Å². The molecule has 0 aliphatic rings. The Kier molecular flexibility index (Phi) is 7.24. The van der Waals surface area contributed by atoms with Crippen LogP contribution in [0, 0.1) is 5.92 Å². The second kappa shape index (κ2) is 7.76. The number of aliphatic hydroxyl groups is 1. The van der Waals surface area contributed by atoms with E-state index in [-0.39, 0.29) is 18.4 Å². The molecule has 0 fully saturated rings. The largest absolute Gasteiger partial charge is 0.396 e. The van der Waals surface area contributed by atoms with Gasteiger partial charge < -0.3 is 15.7 Å². The molecular formula is C9H18N2O2. The highest BCUT2D eigenvalue weighted by atomic mass is 16.3. The van der Waals surface area contributed by atoms with Crippen LogP contribution in [0.1, 0.15) is 6.92 Å². The molecule has 0 heterocycles. The average Bonchev–Trinajstić information content (AvgIpc) is 2.14. The molecule has 0 aromatic heterocycles. The number of hydrogen-bond donors (Lipinski definition) is 3. The lowest BCUT2D eigenvalue weighted by atomic mass is 10.2. The van der Waals surface area contributed by atoms with Crippen molar-refractivity contribution in [2.24, 2.45) is 5.92 Å². The third-order valence-corrected chi connectivity index (χ3v) is 1.53. The van der Waals surface area contributed by atoms with Crippen LogP contribution in [0.3, 0.4) is 0 Å². The lowest BCUT2D eigenvalue weighted by Gasteiger charge is -2.09. The van der Waals surface area contributed by atoms with Gasteiger partial charge in [0.2, 0.25) is 5.91 Å². The highest BCUT2D eigenvalue weighted by molar-refractivity contribution is 5.77. The summed E-state index contributed by atoms with van der Waals surface area (Å²) >= 11 is 0. The molecule has 0 rings (SSSR count). The molecule has 13 heavy (non-hydrogen) atoms. The van der Waals surface area contributed by atoms with E-state index in [9.17, 15) is 4.79 Å². The van der Waals surface area contributed by atoms with Crippen molar-refractivity contribution in [3.63, 3.8) is 0 Å². The third-order valence-electron chi connectivity index (χ3n) is 1.53. The monoisotopic (exact) mass is 186 g/mol. The smallest absolute Gasteiger partial charge is 0.233 e. The predicted octanol–water partition coefficient (Wildman–Crippen LogP) is -0.493. The first-order chi connectivity index (χ1) is 6.20. The highest BCUT2D eigenvalue weighted by Gasteiger charge is 2.02. The molecule has 4 heteroatoms. The number of rotatable bonds is 7. The van der Waals surface area contributed by atoms with Crippen LogP contribution in [-0.4, -0.2) is 37.3 Å². The van der Waals surface area contributed by atoms with Gasteiger partial charge in [-0.25, -0.2) is 0 Å². The molecule has 0 bridgehead atoms. The van der Waals surface area contributed by atoms with Crippen molar-refractivity contribution in [2.75, 3.05) is 26.2 Å². The van der Waals surface area contributed by atoms with Gasteiger partial charge in [-0.3, -0.25) is 4.79 Å². The van der Waals surface area contributed by atoms with Crippen molar-refractivity contribution in [3.8, 4) is 0 Å². The van der Waals surface area contributed by atoms with Gasteiger partial charge in [-0.15, -0.1) is 6.58 Å². The number of carbonyl (C=O) groups excluding carboxylic acids is 1. The molecule has 0 aromatic rings. The van der Waals surface area contributed by atoms with Crippen molar-refractivity contribution < 1.29 is 9.90 Å². The summed E-state index contributed by atoms with van der Waals surface area (Å²) < 4.78 is 0. The lowest BCUT2D eigenvalue weighted by Crippen LogP contribution is -2.36. The fourth-order valence-corrected chi connectivity index (χ4v) is 0.703. The highest BCUT2D eigenvalue weighted by Crippen LogP contribution is 1.87. The summed E-state index contributed by atoms with van der Waals surface area (Å²) in [5, 5.41) is 14.3.